The molecule has 1 saturated heterocycles. The number of rotatable bonds is 7. The van der Waals surface area contributed by atoms with Crippen LogP contribution in [0.1, 0.15) is 18.1 Å². The molecule has 0 amide bonds. The van der Waals surface area contributed by atoms with E-state index in [0.29, 0.717) is 30.3 Å². The molecular formula is C21H26ClNO4. The van der Waals surface area contributed by atoms with Crippen LogP contribution in [0.4, 0.5) is 0 Å². The monoisotopic (exact) mass is 391 g/mol. The number of aliphatic hydroxyl groups excluding tert-OH is 1. The molecule has 6 heteroatoms. The van der Waals surface area contributed by atoms with Gasteiger partial charge < -0.3 is 19.7 Å². The minimum absolute atomic E-state index is 0.00531. The highest BCUT2D eigenvalue weighted by molar-refractivity contribution is 6.30. The van der Waals surface area contributed by atoms with Crippen molar-refractivity contribution in [1.29, 1.82) is 0 Å². The van der Waals surface area contributed by atoms with Gasteiger partial charge in [-0.1, -0.05) is 35.9 Å². The Bertz CT molecular complexity index is 739. The van der Waals surface area contributed by atoms with Gasteiger partial charge in [0, 0.05) is 23.2 Å². The van der Waals surface area contributed by atoms with Gasteiger partial charge in [0.1, 0.15) is 12.4 Å². The highest BCUT2D eigenvalue weighted by Crippen LogP contribution is 2.30. The molecule has 5 nitrogen and oxygen atoms in total. The van der Waals surface area contributed by atoms with Crippen molar-refractivity contribution < 1.29 is 19.7 Å². The van der Waals surface area contributed by atoms with E-state index >= 15 is 0 Å². The Morgan fingerprint density at radius 1 is 1.26 bits per heavy atom. The fraction of sp³-hybridized carbons (Fsp3) is 0.429. The molecule has 2 aromatic carbocycles. The number of hydrogen-bond donors (Lipinski definition) is 2. The third kappa shape index (κ3) is 5.21. The van der Waals surface area contributed by atoms with E-state index in [1.165, 1.54) is 5.56 Å². The van der Waals surface area contributed by atoms with E-state index in [4.69, 9.17) is 26.2 Å². The molecule has 2 aromatic rings. The number of hydrogen-bond acceptors (Lipinski definition) is 5. The van der Waals surface area contributed by atoms with E-state index in [2.05, 4.69) is 11.8 Å². The predicted octanol–water partition coefficient (Wildman–Crippen LogP) is 2.82. The molecule has 2 unspecified atom stereocenters. The maximum Gasteiger partial charge on any atom is 0.205 e. The second-order valence-electron chi connectivity index (χ2n) is 6.88. The van der Waals surface area contributed by atoms with Crippen molar-refractivity contribution in [2.24, 2.45) is 0 Å². The zero-order valence-corrected chi connectivity index (χ0v) is 16.2. The normalized spacial score (nSPS) is 21.8. The number of halogens is 1. The van der Waals surface area contributed by atoms with Crippen LogP contribution in [0.3, 0.4) is 0 Å². The summed E-state index contributed by atoms with van der Waals surface area (Å²) < 4.78 is 11.1. The van der Waals surface area contributed by atoms with E-state index in [0.717, 1.165) is 18.7 Å². The maximum atomic E-state index is 11.0. The summed E-state index contributed by atoms with van der Waals surface area (Å²) >= 11 is 6.07. The van der Waals surface area contributed by atoms with Gasteiger partial charge in [-0.2, -0.15) is 0 Å². The van der Waals surface area contributed by atoms with Gasteiger partial charge in [-0.15, -0.1) is 0 Å². The molecule has 0 radical (unpaired) electrons. The molecule has 1 fully saturated rings. The van der Waals surface area contributed by atoms with E-state index in [1.54, 1.807) is 12.1 Å². The SMILES string of the molecule is CC(Cc1ccc(OCCO)cc1)N1CCOC(O)(c2cccc(Cl)c2)C1. The summed E-state index contributed by atoms with van der Waals surface area (Å²) in [5.74, 6) is -0.596. The molecule has 0 aliphatic carbocycles. The molecular weight excluding hydrogens is 366 g/mol. The summed E-state index contributed by atoms with van der Waals surface area (Å²) in [6, 6.07) is 15.3. The van der Waals surface area contributed by atoms with Gasteiger partial charge in [0.2, 0.25) is 5.79 Å². The molecule has 1 heterocycles. The van der Waals surface area contributed by atoms with Gasteiger partial charge in [-0.3, -0.25) is 4.90 Å². The van der Waals surface area contributed by atoms with Crippen LogP contribution < -0.4 is 4.74 Å². The zero-order valence-electron chi connectivity index (χ0n) is 15.5. The largest absolute Gasteiger partial charge is 0.491 e. The lowest BCUT2D eigenvalue weighted by atomic mass is 10.0. The fourth-order valence-corrected chi connectivity index (χ4v) is 3.56. The summed E-state index contributed by atoms with van der Waals surface area (Å²) in [5, 5.41) is 20.4. The Labute approximate surface area is 165 Å². The minimum atomic E-state index is -1.35. The van der Waals surface area contributed by atoms with Crippen molar-refractivity contribution in [2.45, 2.75) is 25.2 Å². The Morgan fingerprint density at radius 3 is 2.74 bits per heavy atom. The first-order valence-electron chi connectivity index (χ1n) is 9.19. The second kappa shape index (κ2) is 9.04. The Hall–Kier alpha value is -1.63. The quantitative estimate of drug-likeness (QED) is 0.760. The number of nitrogens with zero attached hydrogens (tertiary/aromatic N) is 1. The van der Waals surface area contributed by atoms with Crippen LogP contribution in [-0.4, -0.2) is 54.1 Å². The van der Waals surface area contributed by atoms with Crippen molar-refractivity contribution in [2.75, 3.05) is 32.9 Å². The minimum Gasteiger partial charge on any atom is -0.491 e. The van der Waals surface area contributed by atoms with Crippen LogP contribution in [0.15, 0.2) is 48.5 Å². The highest BCUT2D eigenvalue weighted by atomic mass is 35.5. The van der Waals surface area contributed by atoms with Crippen LogP contribution in [0.25, 0.3) is 0 Å². The van der Waals surface area contributed by atoms with E-state index in [9.17, 15) is 5.11 Å². The van der Waals surface area contributed by atoms with Crippen LogP contribution in [-0.2, 0) is 16.9 Å². The first-order chi connectivity index (χ1) is 13.0. The van der Waals surface area contributed by atoms with Crippen molar-refractivity contribution in [3.63, 3.8) is 0 Å². The number of aliphatic hydroxyl groups is 2. The molecule has 2 N–H and O–H groups in total. The summed E-state index contributed by atoms with van der Waals surface area (Å²) in [6.07, 6.45) is 0.853. The zero-order chi connectivity index (χ0) is 19.3. The number of benzene rings is 2. The van der Waals surface area contributed by atoms with Crippen molar-refractivity contribution in [3.8, 4) is 5.75 Å². The lowest BCUT2D eigenvalue weighted by Crippen LogP contribution is -2.53. The van der Waals surface area contributed by atoms with Gasteiger partial charge in [0.25, 0.3) is 0 Å². The van der Waals surface area contributed by atoms with Crippen molar-refractivity contribution >= 4 is 11.6 Å². The van der Waals surface area contributed by atoms with Crippen molar-refractivity contribution in [1.82, 2.24) is 4.90 Å². The van der Waals surface area contributed by atoms with Gasteiger partial charge in [-0.25, -0.2) is 0 Å². The first kappa shape index (κ1) is 20.1. The Morgan fingerprint density at radius 2 is 2.04 bits per heavy atom. The van der Waals surface area contributed by atoms with Crippen molar-refractivity contribution in [3.05, 3.63) is 64.7 Å². The summed E-state index contributed by atoms with van der Waals surface area (Å²) in [6.45, 7) is 4.08. The fourth-order valence-electron chi connectivity index (χ4n) is 3.37. The van der Waals surface area contributed by atoms with Gasteiger partial charge in [-0.05, 0) is 43.2 Å². The van der Waals surface area contributed by atoms with Gasteiger partial charge >= 0.3 is 0 Å². The molecule has 1 aliphatic rings. The smallest absolute Gasteiger partial charge is 0.205 e. The van der Waals surface area contributed by atoms with E-state index < -0.39 is 5.79 Å². The standard InChI is InChI=1S/C21H26ClNO4/c1-16(13-17-5-7-20(8-6-17)26-12-10-24)23-9-11-27-21(25,15-23)18-3-2-4-19(22)14-18/h2-8,14,16,24-25H,9-13,15H2,1H3. The summed E-state index contributed by atoms with van der Waals surface area (Å²) in [7, 11) is 0. The third-order valence-electron chi connectivity index (χ3n) is 4.85. The molecule has 0 aromatic heterocycles. The first-order valence-corrected chi connectivity index (χ1v) is 9.57. The average Bonchev–Trinajstić information content (AvgIpc) is 2.67. The third-order valence-corrected chi connectivity index (χ3v) is 5.09. The topological polar surface area (TPSA) is 62.2 Å². The highest BCUT2D eigenvalue weighted by Gasteiger charge is 2.37. The summed E-state index contributed by atoms with van der Waals surface area (Å²) in [4.78, 5) is 2.24. The molecule has 3 rings (SSSR count). The van der Waals surface area contributed by atoms with Gasteiger partial charge in [0.15, 0.2) is 0 Å². The lowest BCUT2D eigenvalue weighted by molar-refractivity contribution is -0.251. The number of morpholine rings is 1. The second-order valence-corrected chi connectivity index (χ2v) is 7.32. The van der Waals surface area contributed by atoms with Crippen LogP contribution >= 0.6 is 11.6 Å². The molecule has 27 heavy (non-hydrogen) atoms. The Kier molecular flexibility index (Phi) is 6.73. The summed E-state index contributed by atoms with van der Waals surface area (Å²) in [5.41, 5.74) is 1.87. The molecule has 2 atom stereocenters. The average molecular weight is 392 g/mol. The van der Waals surface area contributed by atoms with E-state index in [1.807, 2.05) is 36.4 Å². The molecule has 0 saturated carbocycles. The van der Waals surface area contributed by atoms with Gasteiger partial charge in [0.05, 0.1) is 19.8 Å². The molecule has 0 spiro atoms. The lowest BCUT2D eigenvalue weighted by Gasteiger charge is -2.42. The number of β-amino-alcohol motifs (C(OH)–C–C–N with tert-alkyl or cyclic N) is 1. The Balaban J connectivity index is 1.63. The number of ether oxygens (including phenoxy) is 2. The van der Waals surface area contributed by atoms with Crippen LogP contribution in [0.5, 0.6) is 5.75 Å². The molecule has 146 valence electrons. The maximum absolute atomic E-state index is 11.0. The van der Waals surface area contributed by atoms with Crippen LogP contribution in [0, 0.1) is 0 Å². The predicted molar refractivity (Wildman–Crippen MR) is 105 cm³/mol. The van der Waals surface area contributed by atoms with Crippen LogP contribution in [0.2, 0.25) is 5.02 Å². The molecule has 0 bridgehead atoms. The molecule has 1 aliphatic heterocycles. The van der Waals surface area contributed by atoms with E-state index in [-0.39, 0.29) is 12.6 Å².